The Hall–Kier alpha value is -8.74. The van der Waals surface area contributed by atoms with Crippen LogP contribution < -0.4 is 26.0 Å². The maximum Gasteiger partial charge on any atom is 0.256 e. The van der Waals surface area contributed by atoms with E-state index in [1.807, 2.05) is 0 Å². The fourth-order valence-electron chi connectivity index (χ4n) is 11.7. The fraction of sp³-hybridized carbons (Fsp3) is 0. The van der Waals surface area contributed by atoms with E-state index in [9.17, 15) is 0 Å². The van der Waals surface area contributed by atoms with Gasteiger partial charge in [-0.3, -0.25) is 0 Å². The minimum absolute atomic E-state index is 0.0449. The second kappa shape index (κ2) is 13.4. The molecule has 0 N–H and O–H groups in total. The second-order valence-corrected chi connectivity index (χ2v) is 17.6. The molecule has 0 bridgehead atoms. The molecule has 5 heterocycles. The Kier molecular flexibility index (Phi) is 7.24. The molecule has 0 aliphatic carbocycles. The van der Waals surface area contributed by atoms with Gasteiger partial charge in [0.2, 0.25) is 0 Å². The molecule has 0 saturated carbocycles. The lowest BCUT2D eigenvalue weighted by Crippen LogP contribution is -2.59. The standard InChI is InChI=1S/C60H37BN4O/c1-4-19-38(20-5-1)62-50-32-17-13-28-45(50)61-46-37-41(35-36-52(46)66-53-34-18-33-51(62)57(53)61)65-49-31-16-12-27-44(49)56-59-54(42-25-10-14-29-47(42)63(59)39-21-6-2-7-22-39)58-55(60(56)65)43-26-11-15-30-48(43)64(58)40-23-8-3-9-24-40/h1-37H. The van der Waals surface area contributed by atoms with Gasteiger partial charge in [0.25, 0.3) is 6.71 Å². The second-order valence-electron chi connectivity index (χ2n) is 17.6. The van der Waals surface area contributed by atoms with E-state index in [0.717, 1.165) is 50.9 Å². The van der Waals surface area contributed by atoms with E-state index in [1.165, 1.54) is 76.5 Å². The molecule has 2 aliphatic rings. The van der Waals surface area contributed by atoms with Gasteiger partial charge >= 0.3 is 0 Å². The Morgan fingerprint density at radius 1 is 0.318 bits per heavy atom. The van der Waals surface area contributed by atoms with E-state index >= 15 is 0 Å². The molecule has 5 nitrogen and oxygen atoms in total. The molecule has 0 atom stereocenters. The van der Waals surface area contributed by atoms with Crippen molar-refractivity contribution in [3.05, 3.63) is 224 Å². The Bertz CT molecular complexity index is 4080. The third-order valence-corrected chi connectivity index (χ3v) is 14.2. The molecule has 66 heavy (non-hydrogen) atoms. The zero-order chi connectivity index (χ0) is 43.0. The summed E-state index contributed by atoms with van der Waals surface area (Å²) in [5.41, 5.74) is 17.5. The Morgan fingerprint density at radius 2 is 0.773 bits per heavy atom. The number of ether oxygens (including phenoxy) is 1. The predicted molar refractivity (Wildman–Crippen MR) is 275 cm³/mol. The van der Waals surface area contributed by atoms with Crippen molar-refractivity contribution in [2.45, 2.75) is 0 Å². The average molecular weight is 841 g/mol. The number of fused-ring (bicyclic) bond motifs is 16. The van der Waals surface area contributed by atoms with Crippen LogP contribution in [0.1, 0.15) is 0 Å². The van der Waals surface area contributed by atoms with Crippen molar-refractivity contribution in [2.75, 3.05) is 4.90 Å². The summed E-state index contributed by atoms with van der Waals surface area (Å²) in [6.45, 7) is -0.0449. The number of nitrogens with zero attached hydrogens (tertiary/aromatic N) is 4. The van der Waals surface area contributed by atoms with Gasteiger partial charge in [-0.15, -0.1) is 0 Å². The number of para-hydroxylation sites is 7. The first-order chi connectivity index (χ1) is 32.8. The molecule has 0 unspecified atom stereocenters. The van der Waals surface area contributed by atoms with E-state index in [2.05, 4.69) is 243 Å². The summed E-state index contributed by atoms with van der Waals surface area (Å²) in [5.74, 6) is 1.78. The van der Waals surface area contributed by atoms with Crippen LogP contribution in [0.5, 0.6) is 11.5 Å². The number of benzene rings is 10. The monoisotopic (exact) mass is 840 g/mol. The minimum Gasteiger partial charge on any atom is -0.458 e. The molecule has 2 aliphatic heterocycles. The van der Waals surface area contributed by atoms with E-state index in [1.54, 1.807) is 0 Å². The number of aromatic nitrogens is 3. The topological polar surface area (TPSA) is 27.3 Å². The van der Waals surface area contributed by atoms with Gasteiger partial charge in [-0.1, -0.05) is 133 Å². The number of rotatable bonds is 4. The van der Waals surface area contributed by atoms with Crippen LogP contribution in [-0.4, -0.2) is 20.4 Å². The minimum atomic E-state index is -0.0449. The lowest BCUT2D eigenvalue weighted by atomic mass is 9.34. The molecule has 10 aromatic carbocycles. The van der Waals surface area contributed by atoms with Gasteiger partial charge in [0, 0.05) is 66.4 Å². The third kappa shape index (κ3) is 4.69. The highest BCUT2D eigenvalue weighted by molar-refractivity contribution is 6.99. The normalized spacial score (nSPS) is 12.9. The van der Waals surface area contributed by atoms with Crippen molar-refractivity contribution in [1.82, 2.24) is 13.7 Å². The third-order valence-electron chi connectivity index (χ3n) is 14.2. The lowest BCUT2D eigenvalue weighted by Gasteiger charge is -2.40. The summed E-state index contributed by atoms with van der Waals surface area (Å²) in [7, 11) is 0. The highest BCUT2D eigenvalue weighted by Gasteiger charge is 2.42. The first-order valence-corrected chi connectivity index (χ1v) is 22.7. The molecule has 13 aromatic rings. The van der Waals surface area contributed by atoms with Crippen LogP contribution in [0.2, 0.25) is 0 Å². The van der Waals surface area contributed by atoms with Crippen LogP contribution in [0.15, 0.2) is 224 Å². The van der Waals surface area contributed by atoms with Gasteiger partial charge < -0.3 is 23.3 Å². The maximum absolute atomic E-state index is 6.96. The van der Waals surface area contributed by atoms with E-state index in [-0.39, 0.29) is 6.71 Å². The number of hydrogen-bond acceptors (Lipinski definition) is 2. The van der Waals surface area contributed by atoms with Crippen molar-refractivity contribution in [2.24, 2.45) is 0 Å². The summed E-state index contributed by atoms with van der Waals surface area (Å²) in [4.78, 5) is 2.39. The Balaban J connectivity index is 1.11. The summed E-state index contributed by atoms with van der Waals surface area (Å²) in [5, 5.41) is 7.34. The van der Waals surface area contributed by atoms with Crippen molar-refractivity contribution in [3.63, 3.8) is 0 Å². The molecule has 15 rings (SSSR count). The van der Waals surface area contributed by atoms with Gasteiger partial charge in [0.1, 0.15) is 11.5 Å². The van der Waals surface area contributed by atoms with Crippen molar-refractivity contribution in [3.8, 4) is 28.6 Å². The van der Waals surface area contributed by atoms with Crippen molar-refractivity contribution < 1.29 is 4.74 Å². The maximum atomic E-state index is 6.96. The number of anilines is 3. The highest BCUT2D eigenvalue weighted by Crippen LogP contribution is 2.50. The molecule has 0 saturated heterocycles. The predicted octanol–water partition coefficient (Wildman–Crippen LogP) is 13.4. The Morgan fingerprint density at radius 3 is 1.33 bits per heavy atom. The summed E-state index contributed by atoms with van der Waals surface area (Å²) >= 11 is 0. The smallest absolute Gasteiger partial charge is 0.256 e. The molecule has 0 amide bonds. The van der Waals surface area contributed by atoms with Crippen LogP contribution in [0.4, 0.5) is 17.1 Å². The highest BCUT2D eigenvalue weighted by atomic mass is 16.5. The van der Waals surface area contributed by atoms with Gasteiger partial charge in [-0.05, 0) is 107 Å². The molecule has 3 aromatic heterocycles. The quantitative estimate of drug-likeness (QED) is 0.165. The average Bonchev–Trinajstić information content (AvgIpc) is 4.03. The summed E-state index contributed by atoms with van der Waals surface area (Å²) in [6, 6.07) is 81.7. The summed E-state index contributed by atoms with van der Waals surface area (Å²) in [6.07, 6.45) is 0. The van der Waals surface area contributed by atoms with Gasteiger partial charge in [0.15, 0.2) is 0 Å². The van der Waals surface area contributed by atoms with Crippen LogP contribution in [0.25, 0.3) is 82.5 Å². The Labute approximate surface area is 380 Å². The fourth-order valence-corrected chi connectivity index (χ4v) is 11.7. The van der Waals surface area contributed by atoms with Crippen LogP contribution in [-0.2, 0) is 0 Å². The van der Waals surface area contributed by atoms with Crippen LogP contribution >= 0.6 is 0 Å². The molecular formula is C60H37BN4O. The summed E-state index contributed by atoms with van der Waals surface area (Å²) < 4.78 is 14.5. The lowest BCUT2D eigenvalue weighted by molar-refractivity contribution is 0.487. The van der Waals surface area contributed by atoms with E-state index < -0.39 is 0 Å². The van der Waals surface area contributed by atoms with Crippen molar-refractivity contribution >= 4 is 106 Å². The first-order valence-electron chi connectivity index (χ1n) is 22.7. The zero-order valence-corrected chi connectivity index (χ0v) is 35.6. The molecule has 306 valence electrons. The molecule has 0 fully saturated rings. The van der Waals surface area contributed by atoms with E-state index in [4.69, 9.17) is 4.74 Å². The molecule has 0 spiro atoms. The first kappa shape index (κ1) is 35.7. The van der Waals surface area contributed by atoms with Crippen molar-refractivity contribution in [1.29, 1.82) is 0 Å². The van der Waals surface area contributed by atoms with Gasteiger partial charge in [-0.25, -0.2) is 0 Å². The molecule has 6 heteroatoms. The van der Waals surface area contributed by atoms with Gasteiger partial charge in [-0.2, -0.15) is 0 Å². The van der Waals surface area contributed by atoms with Crippen LogP contribution in [0.3, 0.4) is 0 Å². The molecule has 0 radical (unpaired) electrons. The van der Waals surface area contributed by atoms with E-state index in [0.29, 0.717) is 0 Å². The SMILES string of the molecule is c1ccc(N2c3ccccc3B3c4cc(-n5c6ccccc6c6c7c(c8ccccc8n7-c7ccccc7)c7c(c8ccccc8n7-c7ccccc7)c65)ccc4Oc4cccc2c43)cc1. The largest absolute Gasteiger partial charge is 0.458 e. The van der Waals surface area contributed by atoms with Gasteiger partial charge in [0.05, 0.1) is 33.1 Å². The zero-order valence-electron chi connectivity index (χ0n) is 35.6. The molecular weight excluding hydrogens is 803 g/mol. The van der Waals surface area contributed by atoms with Crippen LogP contribution in [0, 0.1) is 0 Å². The number of hydrogen-bond donors (Lipinski definition) is 0.